The normalized spacial score (nSPS) is 10.2. The third kappa shape index (κ3) is 4.58. The van der Waals surface area contributed by atoms with Crippen molar-refractivity contribution in [1.82, 2.24) is 10.3 Å². The Labute approximate surface area is 154 Å². The lowest BCUT2D eigenvalue weighted by molar-refractivity contribution is 0.102. The first kappa shape index (κ1) is 17.4. The van der Waals surface area contributed by atoms with Crippen LogP contribution in [0.2, 0.25) is 0 Å². The van der Waals surface area contributed by atoms with Crippen molar-refractivity contribution in [3.63, 3.8) is 0 Å². The van der Waals surface area contributed by atoms with Crippen LogP contribution in [0.25, 0.3) is 0 Å². The SMILES string of the molecule is O=C(NCc1ccco1)Nc1ccc(NC(=O)c2ccc[nH]c2=S)cc1. The molecule has 0 bridgehead atoms. The number of carbonyl (C=O) groups is 2. The number of aromatic nitrogens is 1. The Morgan fingerprint density at radius 1 is 1.00 bits per heavy atom. The molecular weight excluding hydrogens is 352 g/mol. The van der Waals surface area contributed by atoms with Gasteiger partial charge in [0.05, 0.1) is 18.4 Å². The van der Waals surface area contributed by atoms with Crippen LogP contribution in [-0.2, 0) is 6.54 Å². The standard InChI is InChI=1S/C18H16N4O3S/c23-16(15-4-1-9-19-17(15)26)21-12-5-7-13(8-6-12)22-18(24)20-11-14-3-2-10-25-14/h1-10H,11H2,(H,19,26)(H,21,23)(H2,20,22,24). The molecule has 0 atom stereocenters. The fraction of sp³-hybridized carbons (Fsp3) is 0.0556. The van der Waals surface area contributed by atoms with Crippen LogP contribution in [0, 0.1) is 4.64 Å². The number of H-pyrrole nitrogens is 1. The number of urea groups is 1. The number of amides is 3. The van der Waals surface area contributed by atoms with Crippen molar-refractivity contribution < 1.29 is 14.0 Å². The van der Waals surface area contributed by atoms with E-state index < -0.39 is 0 Å². The summed E-state index contributed by atoms with van der Waals surface area (Å²) in [5.74, 6) is 0.362. The average Bonchev–Trinajstić information content (AvgIpc) is 3.15. The van der Waals surface area contributed by atoms with E-state index in [4.69, 9.17) is 16.6 Å². The van der Waals surface area contributed by atoms with Crippen LogP contribution in [0.15, 0.2) is 65.4 Å². The highest BCUT2D eigenvalue weighted by Crippen LogP contribution is 2.15. The fourth-order valence-corrected chi connectivity index (χ4v) is 2.42. The number of hydrogen-bond acceptors (Lipinski definition) is 4. The number of rotatable bonds is 5. The van der Waals surface area contributed by atoms with Gasteiger partial charge < -0.3 is 25.4 Å². The van der Waals surface area contributed by atoms with E-state index in [9.17, 15) is 9.59 Å². The number of furan rings is 1. The number of nitrogens with one attached hydrogen (secondary N) is 4. The molecule has 3 rings (SSSR count). The summed E-state index contributed by atoms with van der Waals surface area (Å²) in [4.78, 5) is 26.9. The predicted molar refractivity (Wildman–Crippen MR) is 101 cm³/mol. The Bertz CT molecular complexity index is 949. The topological polar surface area (TPSA) is 99.2 Å². The van der Waals surface area contributed by atoms with E-state index in [1.165, 1.54) is 0 Å². The van der Waals surface area contributed by atoms with Gasteiger partial charge in [-0.15, -0.1) is 0 Å². The molecule has 0 saturated heterocycles. The van der Waals surface area contributed by atoms with Crippen LogP contribution in [0.3, 0.4) is 0 Å². The summed E-state index contributed by atoms with van der Waals surface area (Å²) in [6.45, 7) is 0.296. The molecule has 4 N–H and O–H groups in total. The van der Waals surface area contributed by atoms with Crippen molar-refractivity contribution in [3.8, 4) is 0 Å². The lowest BCUT2D eigenvalue weighted by Gasteiger charge is -2.09. The van der Waals surface area contributed by atoms with Crippen LogP contribution in [0.5, 0.6) is 0 Å². The summed E-state index contributed by atoms with van der Waals surface area (Å²) >= 11 is 5.09. The van der Waals surface area contributed by atoms with Crippen LogP contribution >= 0.6 is 12.2 Å². The number of pyridine rings is 1. The van der Waals surface area contributed by atoms with Gasteiger partial charge in [-0.1, -0.05) is 12.2 Å². The Morgan fingerprint density at radius 3 is 2.38 bits per heavy atom. The van der Waals surface area contributed by atoms with Gasteiger partial charge in [0.2, 0.25) is 0 Å². The van der Waals surface area contributed by atoms with Gasteiger partial charge in [-0.3, -0.25) is 4.79 Å². The van der Waals surface area contributed by atoms with Gasteiger partial charge in [-0.25, -0.2) is 4.79 Å². The first-order chi connectivity index (χ1) is 12.6. The van der Waals surface area contributed by atoms with E-state index in [1.807, 2.05) is 0 Å². The Hall–Kier alpha value is -3.39. The molecular formula is C18H16N4O3S. The molecule has 1 aromatic carbocycles. The van der Waals surface area contributed by atoms with E-state index in [2.05, 4.69) is 20.9 Å². The van der Waals surface area contributed by atoms with Crippen molar-refractivity contribution >= 4 is 35.5 Å². The average molecular weight is 368 g/mol. The molecule has 132 valence electrons. The molecule has 26 heavy (non-hydrogen) atoms. The molecule has 0 unspecified atom stereocenters. The van der Waals surface area contributed by atoms with Gasteiger partial charge in [0.15, 0.2) is 0 Å². The van der Waals surface area contributed by atoms with Crippen molar-refractivity contribution in [2.24, 2.45) is 0 Å². The van der Waals surface area contributed by atoms with Crippen LogP contribution < -0.4 is 16.0 Å². The maximum atomic E-state index is 12.2. The van der Waals surface area contributed by atoms with Gasteiger partial charge >= 0.3 is 6.03 Å². The summed E-state index contributed by atoms with van der Waals surface area (Å²) in [6.07, 6.45) is 3.21. The predicted octanol–water partition coefficient (Wildman–Crippen LogP) is 3.91. The van der Waals surface area contributed by atoms with E-state index in [-0.39, 0.29) is 11.9 Å². The van der Waals surface area contributed by atoms with Gasteiger partial charge in [0.25, 0.3) is 5.91 Å². The summed E-state index contributed by atoms with van der Waals surface area (Å²) in [7, 11) is 0. The largest absolute Gasteiger partial charge is 0.467 e. The summed E-state index contributed by atoms with van der Waals surface area (Å²) in [5.41, 5.74) is 1.58. The second kappa shape index (κ2) is 8.13. The molecule has 0 aliphatic rings. The molecule has 2 heterocycles. The van der Waals surface area contributed by atoms with E-state index in [1.54, 1.807) is 61.0 Å². The molecule has 3 aromatic rings. The van der Waals surface area contributed by atoms with E-state index in [0.717, 1.165) is 0 Å². The minimum atomic E-state index is -0.353. The number of benzene rings is 1. The van der Waals surface area contributed by atoms with Crippen molar-refractivity contribution in [3.05, 3.63) is 77.0 Å². The van der Waals surface area contributed by atoms with Gasteiger partial charge in [0, 0.05) is 17.6 Å². The van der Waals surface area contributed by atoms with Crippen LogP contribution in [0.4, 0.5) is 16.2 Å². The highest BCUT2D eigenvalue weighted by molar-refractivity contribution is 7.71. The van der Waals surface area contributed by atoms with Gasteiger partial charge in [0.1, 0.15) is 10.4 Å². The quantitative estimate of drug-likeness (QED) is 0.513. The molecule has 0 fully saturated rings. The van der Waals surface area contributed by atoms with E-state index in [0.29, 0.717) is 33.9 Å². The molecule has 2 aromatic heterocycles. The molecule has 7 nitrogen and oxygen atoms in total. The monoisotopic (exact) mass is 368 g/mol. The van der Waals surface area contributed by atoms with Gasteiger partial charge in [-0.2, -0.15) is 0 Å². The zero-order valence-corrected chi connectivity index (χ0v) is 14.4. The second-order valence-electron chi connectivity index (χ2n) is 5.33. The molecule has 0 aliphatic carbocycles. The minimum Gasteiger partial charge on any atom is -0.467 e. The molecule has 3 amide bonds. The van der Waals surface area contributed by atoms with Crippen molar-refractivity contribution in [1.29, 1.82) is 0 Å². The third-order valence-corrected chi connectivity index (χ3v) is 3.80. The van der Waals surface area contributed by atoms with Crippen molar-refractivity contribution in [2.75, 3.05) is 10.6 Å². The Kier molecular flexibility index (Phi) is 5.45. The number of anilines is 2. The number of carbonyl (C=O) groups excluding carboxylic acids is 2. The molecule has 0 saturated carbocycles. The smallest absolute Gasteiger partial charge is 0.319 e. The molecule has 8 heteroatoms. The molecule has 0 radical (unpaired) electrons. The third-order valence-electron chi connectivity index (χ3n) is 3.47. The van der Waals surface area contributed by atoms with Crippen LogP contribution in [-0.4, -0.2) is 16.9 Å². The Morgan fingerprint density at radius 2 is 1.73 bits per heavy atom. The summed E-state index contributed by atoms with van der Waals surface area (Å²) in [5, 5.41) is 8.14. The lowest BCUT2D eigenvalue weighted by atomic mass is 10.2. The maximum Gasteiger partial charge on any atom is 0.319 e. The maximum absolute atomic E-state index is 12.2. The lowest BCUT2D eigenvalue weighted by Crippen LogP contribution is -2.27. The van der Waals surface area contributed by atoms with Crippen molar-refractivity contribution in [2.45, 2.75) is 6.54 Å². The second-order valence-corrected chi connectivity index (χ2v) is 5.74. The first-order valence-corrected chi connectivity index (χ1v) is 8.19. The zero-order valence-electron chi connectivity index (χ0n) is 13.6. The zero-order chi connectivity index (χ0) is 18.4. The number of aromatic amines is 1. The van der Waals surface area contributed by atoms with Crippen LogP contribution in [0.1, 0.15) is 16.1 Å². The summed E-state index contributed by atoms with van der Waals surface area (Å²) < 4.78 is 5.51. The van der Waals surface area contributed by atoms with E-state index >= 15 is 0 Å². The molecule has 0 aliphatic heterocycles. The first-order valence-electron chi connectivity index (χ1n) is 7.78. The van der Waals surface area contributed by atoms with Gasteiger partial charge in [-0.05, 0) is 48.5 Å². The minimum absolute atomic E-state index is 0.296. The molecule has 0 spiro atoms. The number of hydrogen-bond donors (Lipinski definition) is 4. The highest BCUT2D eigenvalue weighted by Gasteiger charge is 2.08. The summed E-state index contributed by atoms with van der Waals surface area (Å²) in [6, 6.07) is 13.3. The Balaban J connectivity index is 1.54. The fourth-order valence-electron chi connectivity index (χ4n) is 2.19. The highest BCUT2D eigenvalue weighted by atomic mass is 32.1.